The summed E-state index contributed by atoms with van der Waals surface area (Å²) in [5.41, 5.74) is 4.21. The van der Waals surface area contributed by atoms with E-state index in [2.05, 4.69) is 46.0 Å². The van der Waals surface area contributed by atoms with Gasteiger partial charge in [0, 0.05) is 10.6 Å². The molecule has 1 N–H and O–H groups in total. The smallest absolute Gasteiger partial charge is 0.0813 e. The molecule has 1 atom stereocenters. The van der Waals surface area contributed by atoms with Gasteiger partial charge in [0.2, 0.25) is 0 Å². The molecule has 0 amide bonds. The summed E-state index contributed by atoms with van der Waals surface area (Å²) in [6.07, 6.45) is 2.69. The summed E-state index contributed by atoms with van der Waals surface area (Å²) in [7, 11) is 0. The Labute approximate surface area is 120 Å². The summed E-state index contributed by atoms with van der Waals surface area (Å²) in [5, 5.41) is 5.88. The van der Waals surface area contributed by atoms with E-state index in [9.17, 15) is 0 Å². The van der Waals surface area contributed by atoms with E-state index in [1.807, 2.05) is 16.8 Å². The van der Waals surface area contributed by atoms with Gasteiger partial charge in [0.25, 0.3) is 0 Å². The molecule has 0 aliphatic heterocycles. The normalized spacial score (nSPS) is 16.6. The van der Waals surface area contributed by atoms with Crippen LogP contribution in [0.3, 0.4) is 0 Å². The molecular formula is C15H14N2S2. The van der Waals surface area contributed by atoms with Gasteiger partial charge in [-0.1, -0.05) is 6.07 Å². The van der Waals surface area contributed by atoms with Crippen LogP contribution in [0.15, 0.2) is 41.2 Å². The minimum Gasteiger partial charge on any atom is -0.377 e. The zero-order chi connectivity index (χ0) is 12.7. The molecule has 2 nitrogen and oxygen atoms in total. The van der Waals surface area contributed by atoms with Crippen molar-refractivity contribution < 1.29 is 0 Å². The van der Waals surface area contributed by atoms with Crippen molar-refractivity contribution in [2.75, 3.05) is 5.32 Å². The minimum absolute atomic E-state index is 0.477. The molecule has 0 bridgehead atoms. The molecule has 2 aromatic heterocycles. The van der Waals surface area contributed by atoms with Crippen LogP contribution in [0.2, 0.25) is 0 Å². The summed E-state index contributed by atoms with van der Waals surface area (Å²) >= 11 is 3.55. The highest BCUT2D eigenvalue weighted by Crippen LogP contribution is 2.44. The zero-order valence-electron chi connectivity index (χ0n) is 10.4. The molecule has 0 saturated heterocycles. The van der Waals surface area contributed by atoms with Gasteiger partial charge >= 0.3 is 0 Å². The zero-order valence-corrected chi connectivity index (χ0v) is 12.0. The number of aromatic nitrogens is 1. The van der Waals surface area contributed by atoms with Crippen molar-refractivity contribution in [3.63, 3.8) is 0 Å². The third-order valence-corrected chi connectivity index (χ3v) is 5.34. The molecule has 4 rings (SSSR count). The predicted octanol–water partition coefficient (Wildman–Crippen LogP) is 4.92. The average Bonchev–Trinajstić information content (AvgIpc) is 2.93. The molecule has 1 aromatic carbocycles. The second-order valence-electron chi connectivity index (χ2n) is 5.01. The van der Waals surface area contributed by atoms with E-state index in [0.29, 0.717) is 6.04 Å². The van der Waals surface area contributed by atoms with Crippen LogP contribution in [0.5, 0.6) is 0 Å². The SMILES string of the molecule is c1csc(C(Nc2ccc3ncsc3c2)C2CC2)c1. The first kappa shape index (κ1) is 11.4. The Bertz CT molecular complexity index is 683. The molecule has 1 aliphatic rings. The largest absolute Gasteiger partial charge is 0.377 e. The number of hydrogen-bond acceptors (Lipinski definition) is 4. The van der Waals surface area contributed by atoms with Crippen LogP contribution in [0.1, 0.15) is 23.8 Å². The van der Waals surface area contributed by atoms with Crippen LogP contribution >= 0.6 is 22.7 Å². The maximum Gasteiger partial charge on any atom is 0.0813 e. The van der Waals surface area contributed by atoms with Crippen molar-refractivity contribution in [2.24, 2.45) is 5.92 Å². The standard InChI is InChI=1S/C15H14N2S2/c1-2-13(18-7-1)15(10-3-4-10)17-11-5-6-12-14(8-11)19-9-16-12/h1-2,5-10,15,17H,3-4H2. The number of rotatable bonds is 4. The topological polar surface area (TPSA) is 24.9 Å². The fraction of sp³-hybridized carbons (Fsp3) is 0.267. The number of fused-ring (bicyclic) bond motifs is 1. The Kier molecular flexibility index (Phi) is 2.78. The van der Waals surface area contributed by atoms with Crippen molar-refractivity contribution >= 4 is 38.6 Å². The molecule has 19 heavy (non-hydrogen) atoms. The number of thiazole rings is 1. The van der Waals surface area contributed by atoms with Crippen LogP contribution in [-0.2, 0) is 0 Å². The average molecular weight is 286 g/mol. The van der Waals surface area contributed by atoms with Crippen LogP contribution in [-0.4, -0.2) is 4.98 Å². The first-order chi connectivity index (χ1) is 9.40. The van der Waals surface area contributed by atoms with Gasteiger partial charge in [0.05, 0.1) is 21.8 Å². The van der Waals surface area contributed by atoms with Gasteiger partial charge in [0.1, 0.15) is 0 Å². The van der Waals surface area contributed by atoms with Gasteiger partial charge in [0.15, 0.2) is 0 Å². The van der Waals surface area contributed by atoms with E-state index in [0.717, 1.165) is 11.4 Å². The molecule has 1 aliphatic carbocycles. The lowest BCUT2D eigenvalue weighted by molar-refractivity contribution is 0.691. The molecule has 4 heteroatoms. The van der Waals surface area contributed by atoms with Crippen LogP contribution in [0, 0.1) is 5.92 Å². The Balaban J connectivity index is 1.64. The van der Waals surface area contributed by atoms with Crippen molar-refractivity contribution in [1.29, 1.82) is 0 Å². The first-order valence-corrected chi connectivity index (χ1v) is 8.29. The van der Waals surface area contributed by atoms with Crippen molar-refractivity contribution in [2.45, 2.75) is 18.9 Å². The fourth-order valence-electron chi connectivity index (χ4n) is 2.44. The Hall–Kier alpha value is -1.39. The maximum absolute atomic E-state index is 4.33. The fourth-order valence-corrected chi connectivity index (χ4v) is 4.03. The number of nitrogens with zero attached hydrogens (tertiary/aromatic N) is 1. The Morgan fingerprint density at radius 3 is 2.95 bits per heavy atom. The number of hydrogen-bond donors (Lipinski definition) is 1. The summed E-state index contributed by atoms with van der Waals surface area (Å²) in [6, 6.07) is 11.3. The lowest BCUT2D eigenvalue weighted by Crippen LogP contribution is -2.11. The molecule has 96 valence electrons. The summed E-state index contributed by atoms with van der Waals surface area (Å²) in [5.74, 6) is 0.802. The third kappa shape index (κ3) is 2.26. The first-order valence-electron chi connectivity index (χ1n) is 6.53. The Morgan fingerprint density at radius 2 is 2.16 bits per heavy atom. The second kappa shape index (κ2) is 4.62. The van der Waals surface area contributed by atoms with Gasteiger partial charge in [-0.05, 0) is 48.4 Å². The van der Waals surface area contributed by atoms with Gasteiger partial charge < -0.3 is 5.32 Å². The van der Waals surface area contributed by atoms with Crippen molar-refractivity contribution in [3.05, 3.63) is 46.1 Å². The third-order valence-electron chi connectivity index (χ3n) is 3.60. The second-order valence-corrected chi connectivity index (χ2v) is 6.88. The summed E-state index contributed by atoms with van der Waals surface area (Å²) in [4.78, 5) is 5.78. The van der Waals surface area contributed by atoms with Crippen molar-refractivity contribution in [1.82, 2.24) is 4.98 Å². The van der Waals surface area contributed by atoms with E-state index >= 15 is 0 Å². The minimum atomic E-state index is 0.477. The highest BCUT2D eigenvalue weighted by Gasteiger charge is 2.32. The van der Waals surface area contributed by atoms with Gasteiger partial charge in [-0.3, -0.25) is 0 Å². The van der Waals surface area contributed by atoms with Crippen LogP contribution < -0.4 is 5.32 Å². The van der Waals surface area contributed by atoms with E-state index in [1.54, 1.807) is 11.3 Å². The molecule has 1 unspecified atom stereocenters. The lowest BCUT2D eigenvalue weighted by atomic mass is 10.1. The quantitative estimate of drug-likeness (QED) is 0.736. The van der Waals surface area contributed by atoms with E-state index in [-0.39, 0.29) is 0 Å². The molecule has 1 saturated carbocycles. The molecule has 0 radical (unpaired) electrons. The van der Waals surface area contributed by atoms with Crippen molar-refractivity contribution in [3.8, 4) is 0 Å². The van der Waals surface area contributed by atoms with E-state index in [1.165, 1.54) is 28.1 Å². The highest BCUT2D eigenvalue weighted by atomic mass is 32.1. The van der Waals surface area contributed by atoms with E-state index in [4.69, 9.17) is 0 Å². The predicted molar refractivity (Wildman–Crippen MR) is 83.0 cm³/mol. The summed E-state index contributed by atoms with van der Waals surface area (Å²) < 4.78 is 1.26. The molecule has 1 fully saturated rings. The van der Waals surface area contributed by atoms with Crippen LogP contribution in [0.4, 0.5) is 5.69 Å². The molecular weight excluding hydrogens is 272 g/mol. The van der Waals surface area contributed by atoms with Gasteiger partial charge in [-0.2, -0.15) is 0 Å². The number of anilines is 1. The highest BCUT2D eigenvalue weighted by molar-refractivity contribution is 7.16. The van der Waals surface area contributed by atoms with Gasteiger partial charge in [-0.25, -0.2) is 4.98 Å². The number of thiophene rings is 1. The van der Waals surface area contributed by atoms with E-state index < -0.39 is 0 Å². The van der Waals surface area contributed by atoms with Gasteiger partial charge in [-0.15, -0.1) is 22.7 Å². The summed E-state index contributed by atoms with van der Waals surface area (Å²) in [6.45, 7) is 0. The maximum atomic E-state index is 4.33. The number of benzene rings is 1. The number of nitrogens with one attached hydrogen (secondary N) is 1. The lowest BCUT2D eigenvalue weighted by Gasteiger charge is -2.18. The molecule has 2 heterocycles. The monoisotopic (exact) mass is 286 g/mol. The van der Waals surface area contributed by atoms with Crippen LogP contribution in [0.25, 0.3) is 10.2 Å². The molecule has 3 aromatic rings. The molecule has 0 spiro atoms. The Morgan fingerprint density at radius 1 is 1.21 bits per heavy atom.